The maximum atomic E-state index is 11.7. The Balaban J connectivity index is 1.68. The lowest BCUT2D eigenvalue weighted by Gasteiger charge is -2.38. The molecule has 2 atom stereocenters. The van der Waals surface area contributed by atoms with Gasteiger partial charge in [0.1, 0.15) is 9.84 Å². The molecule has 3 fully saturated rings. The highest BCUT2D eigenvalue weighted by molar-refractivity contribution is 7.90. The lowest BCUT2D eigenvalue weighted by molar-refractivity contribution is -0.124. The quantitative estimate of drug-likeness (QED) is 0.791. The smallest absolute Gasteiger partial charge is 0.224 e. The molecule has 3 rings (SSSR count). The number of nitrogens with one attached hydrogen (secondary N) is 1. The molecule has 0 spiro atoms. The van der Waals surface area contributed by atoms with Crippen LogP contribution < -0.4 is 5.32 Å². The van der Waals surface area contributed by atoms with Crippen LogP contribution in [0.3, 0.4) is 0 Å². The number of piperidine rings is 1. The third kappa shape index (κ3) is 2.79. The van der Waals surface area contributed by atoms with Crippen LogP contribution in [0.5, 0.6) is 0 Å². The Kier molecular flexibility index (Phi) is 3.13. The standard InChI is InChI=1S/C13H22N2O3S/c1-19(17,18)9-13(4-5-13)8-15-6-2-3-10-11(15)7-14-12(10)16/h10-11H,2-9H2,1H3,(H,14,16)/t10-,11-/m1/s1. The monoisotopic (exact) mass is 286 g/mol. The molecule has 0 unspecified atom stereocenters. The van der Waals surface area contributed by atoms with Gasteiger partial charge in [-0.05, 0) is 37.6 Å². The van der Waals surface area contributed by atoms with E-state index in [-0.39, 0.29) is 17.2 Å². The van der Waals surface area contributed by atoms with Crippen molar-refractivity contribution in [3.63, 3.8) is 0 Å². The fraction of sp³-hybridized carbons (Fsp3) is 0.923. The lowest BCUT2D eigenvalue weighted by Crippen LogP contribution is -2.48. The van der Waals surface area contributed by atoms with Crippen LogP contribution in [-0.2, 0) is 14.6 Å². The SMILES string of the molecule is CS(=O)(=O)CC1(CN2CCC[C@H]3C(=O)NC[C@H]32)CC1. The van der Waals surface area contributed by atoms with Gasteiger partial charge >= 0.3 is 0 Å². The molecular weight excluding hydrogens is 264 g/mol. The maximum absolute atomic E-state index is 11.7. The first-order valence-electron chi connectivity index (χ1n) is 7.08. The molecule has 19 heavy (non-hydrogen) atoms. The van der Waals surface area contributed by atoms with Gasteiger partial charge in [0, 0.05) is 25.4 Å². The van der Waals surface area contributed by atoms with E-state index in [0.717, 1.165) is 45.3 Å². The third-order valence-electron chi connectivity index (χ3n) is 4.78. The Morgan fingerprint density at radius 3 is 2.79 bits per heavy atom. The molecule has 2 aliphatic heterocycles. The van der Waals surface area contributed by atoms with Gasteiger partial charge in [0.25, 0.3) is 0 Å². The minimum Gasteiger partial charge on any atom is -0.354 e. The summed E-state index contributed by atoms with van der Waals surface area (Å²) in [7, 11) is -2.91. The highest BCUT2D eigenvalue weighted by atomic mass is 32.2. The average Bonchev–Trinajstić information content (AvgIpc) is 2.92. The summed E-state index contributed by atoms with van der Waals surface area (Å²) in [6.45, 7) is 2.58. The molecule has 0 radical (unpaired) electrons. The Morgan fingerprint density at radius 1 is 1.42 bits per heavy atom. The zero-order valence-corrected chi connectivity index (χ0v) is 12.2. The van der Waals surface area contributed by atoms with Gasteiger partial charge in [-0.25, -0.2) is 8.42 Å². The molecule has 2 heterocycles. The molecule has 5 nitrogen and oxygen atoms in total. The van der Waals surface area contributed by atoms with E-state index in [0.29, 0.717) is 11.8 Å². The predicted molar refractivity (Wildman–Crippen MR) is 72.5 cm³/mol. The summed E-state index contributed by atoms with van der Waals surface area (Å²) in [5.74, 6) is 0.611. The van der Waals surface area contributed by atoms with Gasteiger partial charge < -0.3 is 5.32 Å². The van der Waals surface area contributed by atoms with Gasteiger partial charge in [0.2, 0.25) is 5.91 Å². The zero-order valence-electron chi connectivity index (χ0n) is 11.4. The van der Waals surface area contributed by atoms with Crippen molar-refractivity contribution < 1.29 is 13.2 Å². The summed E-state index contributed by atoms with van der Waals surface area (Å²) in [6, 6.07) is 0.290. The summed E-state index contributed by atoms with van der Waals surface area (Å²) in [6.07, 6.45) is 5.37. The molecule has 6 heteroatoms. The first kappa shape index (κ1) is 13.4. The number of rotatable bonds is 4. The van der Waals surface area contributed by atoms with Crippen molar-refractivity contribution in [1.29, 1.82) is 0 Å². The van der Waals surface area contributed by atoms with E-state index in [2.05, 4.69) is 10.2 Å². The van der Waals surface area contributed by atoms with Crippen LogP contribution in [0.25, 0.3) is 0 Å². The summed E-state index contributed by atoms with van der Waals surface area (Å²) in [4.78, 5) is 14.1. The van der Waals surface area contributed by atoms with E-state index in [1.165, 1.54) is 6.26 Å². The van der Waals surface area contributed by atoms with Crippen LogP contribution in [0, 0.1) is 11.3 Å². The predicted octanol–water partition coefficient (Wildman–Crippen LogP) is 0.0216. The number of carbonyl (C=O) groups is 1. The van der Waals surface area contributed by atoms with Crippen molar-refractivity contribution in [2.75, 3.05) is 31.6 Å². The molecule has 108 valence electrons. The van der Waals surface area contributed by atoms with E-state index in [1.54, 1.807) is 0 Å². The lowest BCUT2D eigenvalue weighted by atomic mass is 9.90. The second-order valence-corrected chi connectivity index (χ2v) is 8.74. The van der Waals surface area contributed by atoms with Crippen LogP contribution in [-0.4, -0.2) is 56.9 Å². The molecule has 0 aromatic heterocycles. The largest absolute Gasteiger partial charge is 0.354 e. The van der Waals surface area contributed by atoms with E-state index in [1.807, 2.05) is 0 Å². The van der Waals surface area contributed by atoms with Gasteiger partial charge in [-0.1, -0.05) is 0 Å². The Bertz CT molecular complexity index is 484. The van der Waals surface area contributed by atoms with Gasteiger partial charge in [-0.15, -0.1) is 0 Å². The number of sulfone groups is 1. The summed E-state index contributed by atoms with van der Waals surface area (Å²) < 4.78 is 23.0. The number of nitrogens with zero attached hydrogens (tertiary/aromatic N) is 1. The summed E-state index contributed by atoms with van der Waals surface area (Å²) in [5.41, 5.74) is -0.0267. The van der Waals surface area contributed by atoms with Crippen molar-refractivity contribution in [2.24, 2.45) is 11.3 Å². The number of amides is 1. The average molecular weight is 286 g/mol. The number of fused-ring (bicyclic) bond motifs is 1. The molecule has 1 amide bonds. The Hall–Kier alpha value is -0.620. The van der Waals surface area contributed by atoms with Crippen molar-refractivity contribution in [3.8, 4) is 0 Å². The topological polar surface area (TPSA) is 66.5 Å². The second kappa shape index (κ2) is 4.45. The van der Waals surface area contributed by atoms with Crippen molar-refractivity contribution >= 4 is 15.7 Å². The van der Waals surface area contributed by atoms with Gasteiger partial charge in [0.05, 0.1) is 11.7 Å². The van der Waals surface area contributed by atoms with Gasteiger partial charge in [-0.2, -0.15) is 0 Å². The fourth-order valence-corrected chi connectivity index (χ4v) is 5.24. The molecule has 1 aliphatic carbocycles. The normalized spacial score (nSPS) is 33.8. The van der Waals surface area contributed by atoms with Crippen LogP contribution in [0.4, 0.5) is 0 Å². The fourth-order valence-electron chi connectivity index (χ4n) is 3.75. The molecule has 0 aromatic carbocycles. The first-order valence-corrected chi connectivity index (χ1v) is 9.14. The van der Waals surface area contributed by atoms with Crippen LogP contribution in [0.1, 0.15) is 25.7 Å². The van der Waals surface area contributed by atoms with Crippen molar-refractivity contribution in [1.82, 2.24) is 10.2 Å². The molecule has 1 saturated carbocycles. The highest BCUT2D eigenvalue weighted by Crippen LogP contribution is 2.48. The molecular formula is C13H22N2O3S. The number of likely N-dealkylation sites (tertiary alicyclic amines) is 1. The molecule has 1 N–H and O–H groups in total. The zero-order chi connectivity index (χ0) is 13.7. The second-order valence-electron chi connectivity index (χ2n) is 6.60. The Labute approximate surface area is 114 Å². The van der Waals surface area contributed by atoms with E-state index < -0.39 is 9.84 Å². The minimum absolute atomic E-state index is 0.0267. The van der Waals surface area contributed by atoms with Crippen molar-refractivity contribution in [2.45, 2.75) is 31.7 Å². The van der Waals surface area contributed by atoms with E-state index in [9.17, 15) is 13.2 Å². The van der Waals surface area contributed by atoms with Crippen LogP contribution in [0.2, 0.25) is 0 Å². The van der Waals surface area contributed by atoms with Gasteiger partial charge in [0.15, 0.2) is 0 Å². The number of carbonyl (C=O) groups excluding carboxylic acids is 1. The van der Waals surface area contributed by atoms with Gasteiger partial charge in [-0.3, -0.25) is 9.69 Å². The van der Waals surface area contributed by atoms with Crippen LogP contribution >= 0.6 is 0 Å². The Morgan fingerprint density at radius 2 is 2.16 bits per heavy atom. The van der Waals surface area contributed by atoms with E-state index in [4.69, 9.17) is 0 Å². The number of hydrogen-bond donors (Lipinski definition) is 1. The first-order chi connectivity index (χ1) is 8.89. The van der Waals surface area contributed by atoms with Crippen molar-refractivity contribution in [3.05, 3.63) is 0 Å². The summed E-state index contributed by atoms with van der Waals surface area (Å²) >= 11 is 0. The molecule has 0 bridgehead atoms. The molecule has 3 aliphatic rings. The third-order valence-corrected chi connectivity index (χ3v) is 5.92. The van der Waals surface area contributed by atoms with E-state index >= 15 is 0 Å². The molecule has 0 aromatic rings. The molecule has 2 saturated heterocycles. The number of hydrogen-bond acceptors (Lipinski definition) is 4. The summed E-state index contributed by atoms with van der Waals surface area (Å²) in [5, 5.41) is 2.95. The van der Waals surface area contributed by atoms with Crippen LogP contribution in [0.15, 0.2) is 0 Å². The minimum atomic E-state index is -2.91. The highest BCUT2D eigenvalue weighted by Gasteiger charge is 2.49. The maximum Gasteiger partial charge on any atom is 0.224 e.